The van der Waals surface area contributed by atoms with Crippen LogP contribution in [-0.4, -0.2) is 44.7 Å². The van der Waals surface area contributed by atoms with Gasteiger partial charge in [0.2, 0.25) is 0 Å². The normalized spacial score (nSPS) is 23.3. The summed E-state index contributed by atoms with van der Waals surface area (Å²) in [6.07, 6.45) is 5.15. The zero-order valence-electron chi connectivity index (χ0n) is 13.3. The number of aromatic nitrogens is 2. The highest BCUT2D eigenvalue weighted by Gasteiger charge is 2.49. The molecule has 0 aromatic carbocycles. The van der Waals surface area contributed by atoms with Crippen molar-refractivity contribution in [3.63, 3.8) is 0 Å². The first-order valence-corrected chi connectivity index (χ1v) is 8.98. The fourth-order valence-corrected chi connectivity index (χ4v) is 5.03. The van der Waals surface area contributed by atoms with E-state index in [0.717, 1.165) is 43.3 Å². The van der Waals surface area contributed by atoms with Crippen molar-refractivity contribution in [3.05, 3.63) is 47.6 Å². The predicted octanol–water partition coefficient (Wildman–Crippen LogP) is 2.65. The number of hydrogen-bond donors (Lipinski definition) is 0. The molecule has 2 aromatic heterocycles. The van der Waals surface area contributed by atoms with Crippen molar-refractivity contribution in [1.82, 2.24) is 15.0 Å². The number of nitrogens with zero attached hydrogens (tertiary/aromatic N) is 3. The summed E-state index contributed by atoms with van der Waals surface area (Å²) in [7, 11) is 0. The van der Waals surface area contributed by atoms with Crippen LogP contribution in [0.4, 0.5) is 0 Å². The Kier molecular flexibility index (Phi) is 4.13. The molecular formula is C17H21N3O2S. The lowest BCUT2D eigenvalue weighted by Gasteiger charge is -2.47. The van der Waals surface area contributed by atoms with Crippen LogP contribution in [-0.2, 0) is 17.9 Å². The molecule has 0 saturated carbocycles. The minimum absolute atomic E-state index is 0.365. The Balaban J connectivity index is 1.23. The molecule has 0 radical (unpaired) electrons. The van der Waals surface area contributed by atoms with Gasteiger partial charge >= 0.3 is 0 Å². The highest BCUT2D eigenvalue weighted by molar-refractivity contribution is 8.01. The molecule has 2 aliphatic rings. The summed E-state index contributed by atoms with van der Waals surface area (Å²) in [5.74, 6) is 1.98. The van der Waals surface area contributed by atoms with Crippen molar-refractivity contribution < 1.29 is 9.26 Å². The lowest BCUT2D eigenvalue weighted by molar-refractivity contribution is 0.0259. The molecule has 0 amide bonds. The zero-order valence-corrected chi connectivity index (χ0v) is 14.1. The van der Waals surface area contributed by atoms with Crippen LogP contribution in [0.2, 0.25) is 0 Å². The third-order valence-electron chi connectivity index (χ3n) is 4.50. The van der Waals surface area contributed by atoms with E-state index >= 15 is 0 Å². The van der Waals surface area contributed by atoms with Crippen molar-refractivity contribution in [3.8, 4) is 0 Å². The van der Waals surface area contributed by atoms with Crippen molar-refractivity contribution in [2.75, 3.05) is 18.8 Å². The topological polar surface area (TPSA) is 51.4 Å². The average Bonchev–Trinajstić information content (AvgIpc) is 3.13. The first kappa shape index (κ1) is 15.2. The van der Waals surface area contributed by atoms with Gasteiger partial charge in [0, 0.05) is 48.6 Å². The monoisotopic (exact) mass is 331 g/mol. The van der Waals surface area contributed by atoms with Gasteiger partial charge in [0.25, 0.3) is 0 Å². The molecule has 1 atom stereocenters. The molecular weight excluding hydrogens is 310 g/mol. The lowest BCUT2D eigenvalue weighted by atomic mass is 9.93. The molecule has 2 saturated heterocycles. The number of ether oxygens (including phenoxy) is 1. The Bertz CT molecular complexity index is 655. The van der Waals surface area contributed by atoms with E-state index in [4.69, 9.17) is 9.26 Å². The average molecular weight is 331 g/mol. The van der Waals surface area contributed by atoms with E-state index in [2.05, 4.69) is 26.8 Å². The van der Waals surface area contributed by atoms with Crippen LogP contribution in [0.3, 0.4) is 0 Å². The van der Waals surface area contributed by atoms with Gasteiger partial charge < -0.3 is 9.26 Å². The van der Waals surface area contributed by atoms with E-state index in [1.54, 1.807) is 0 Å². The summed E-state index contributed by atoms with van der Waals surface area (Å²) < 4.78 is 11.6. The van der Waals surface area contributed by atoms with Crippen LogP contribution in [0.1, 0.15) is 23.4 Å². The van der Waals surface area contributed by atoms with Crippen molar-refractivity contribution in [1.29, 1.82) is 0 Å². The Hall–Kier alpha value is -1.37. The van der Waals surface area contributed by atoms with Crippen LogP contribution in [0.15, 0.2) is 35.1 Å². The fourth-order valence-electron chi connectivity index (χ4n) is 3.43. The van der Waals surface area contributed by atoms with E-state index in [0.29, 0.717) is 17.5 Å². The highest BCUT2D eigenvalue weighted by Crippen LogP contribution is 2.46. The molecule has 4 rings (SSSR count). The van der Waals surface area contributed by atoms with Crippen LogP contribution < -0.4 is 0 Å². The molecule has 2 fully saturated rings. The number of pyridine rings is 1. The van der Waals surface area contributed by atoms with Gasteiger partial charge in [0.05, 0.1) is 18.4 Å². The van der Waals surface area contributed by atoms with Gasteiger partial charge in [-0.25, -0.2) is 0 Å². The molecule has 0 bridgehead atoms. The van der Waals surface area contributed by atoms with Gasteiger partial charge in [0.1, 0.15) is 5.76 Å². The van der Waals surface area contributed by atoms with Crippen LogP contribution in [0.25, 0.3) is 0 Å². The lowest BCUT2D eigenvalue weighted by Crippen LogP contribution is -2.58. The summed E-state index contributed by atoms with van der Waals surface area (Å²) in [4.78, 5) is 6.48. The maximum atomic E-state index is 6.08. The molecule has 0 N–H and O–H groups in total. The van der Waals surface area contributed by atoms with E-state index in [9.17, 15) is 0 Å². The molecule has 1 spiro atoms. The number of aryl methyl sites for hydroxylation is 1. The first-order valence-electron chi connectivity index (χ1n) is 8.00. The van der Waals surface area contributed by atoms with Gasteiger partial charge in [-0.15, -0.1) is 11.8 Å². The van der Waals surface area contributed by atoms with Crippen LogP contribution in [0, 0.1) is 6.92 Å². The summed E-state index contributed by atoms with van der Waals surface area (Å²) >= 11 is 2.07. The molecule has 2 aliphatic heterocycles. The molecule has 5 nitrogen and oxygen atoms in total. The molecule has 6 heteroatoms. The number of thioether (sulfide) groups is 1. The Morgan fingerprint density at radius 3 is 2.96 bits per heavy atom. The molecule has 0 unspecified atom stereocenters. The second-order valence-corrected chi connectivity index (χ2v) is 8.05. The largest absolute Gasteiger partial charge is 0.373 e. The number of rotatable bonds is 5. The molecule has 4 heterocycles. The van der Waals surface area contributed by atoms with Crippen molar-refractivity contribution >= 4 is 11.8 Å². The Morgan fingerprint density at radius 2 is 2.22 bits per heavy atom. The molecule has 23 heavy (non-hydrogen) atoms. The van der Waals surface area contributed by atoms with Crippen LogP contribution in [0.5, 0.6) is 0 Å². The Labute approximate surface area is 140 Å². The quantitative estimate of drug-likeness (QED) is 0.839. The number of hydrogen-bond acceptors (Lipinski definition) is 6. The summed E-state index contributed by atoms with van der Waals surface area (Å²) in [5.41, 5.74) is 2.23. The molecule has 0 aliphatic carbocycles. The minimum atomic E-state index is 0.365. The second-order valence-electron chi connectivity index (χ2n) is 6.56. The van der Waals surface area contributed by atoms with Gasteiger partial charge in [-0.05, 0) is 31.0 Å². The van der Waals surface area contributed by atoms with Crippen LogP contribution >= 0.6 is 11.8 Å². The first-order chi connectivity index (χ1) is 11.2. The van der Waals surface area contributed by atoms with Crippen molar-refractivity contribution in [2.24, 2.45) is 0 Å². The second kappa shape index (κ2) is 6.26. The fraction of sp³-hybridized carbons (Fsp3) is 0.529. The number of likely N-dealkylation sites (tertiary alicyclic amines) is 1. The van der Waals surface area contributed by atoms with Gasteiger partial charge in [0.15, 0.2) is 0 Å². The highest BCUT2D eigenvalue weighted by atomic mass is 32.2. The van der Waals surface area contributed by atoms with Gasteiger partial charge in [-0.3, -0.25) is 9.88 Å². The summed E-state index contributed by atoms with van der Waals surface area (Å²) in [6, 6.07) is 6.05. The third-order valence-corrected chi connectivity index (χ3v) is 6.07. The van der Waals surface area contributed by atoms with E-state index in [-0.39, 0.29) is 0 Å². The van der Waals surface area contributed by atoms with Gasteiger partial charge in [-0.2, -0.15) is 0 Å². The summed E-state index contributed by atoms with van der Waals surface area (Å²) in [6.45, 7) is 5.76. The smallest absolute Gasteiger partial charge is 0.133 e. The Morgan fingerprint density at radius 1 is 1.39 bits per heavy atom. The molecule has 2 aromatic rings. The minimum Gasteiger partial charge on any atom is -0.373 e. The van der Waals surface area contributed by atoms with E-state index in [1.807, 2.05) is 37.5 Å². The maximum Gasteiger partial charge on any atom is 0.133 e. The van der Waals surface area contributed by atoms with E-state index in [1.165, 1.54) is 5.56 Å². The zero-order chi connectivity index (χ0) is 15.7. The SMILES string of the molecule is Cc1cc(CN2CC3(C[C@@H](OCc4ccncc4)CS3)C2)no1. The summed E-state index contributed by atoms with van der Waals surface area (Å²) in [5, 5.41) is 4.08. The van der Waals surface area contributed by atoms with E-state index < -0.39 is 0 Å². The van der Waals surface area contributed by atoms with Crippen molar-refractivity contribution in [2.45, 2.75) is 37.3 Å². The molecule has 122 valence electrons. The maximum absolute atomic E-state index is 6.08. The predicted molar refractivity (Wildman–Crippen MR) is 89.1 cm³/mol. The standard InChI is InChI=1S/C17H21N3O2S/c1-13-6-15(19-22-13)8-20-11-17(12-20)7-16(10-23-17)21-9-14-2-4-18-5-3-14/h2-6,16H,7-12H2,1H3/t16-/m1/s1. The third kappa shape index (κ3) is 3.44. The van der Waals surface area contributed by atoms with Gasteiger partial charge in [-0.1, -0.05) is 5.16 Å².